The van der Waals surface area contributed by atoms with Gasteiger partial charge in [-0.3, -0.25) is 10.1 Å². The number of carboxylic acid groups (broad SMARTS) is 1. The predicted molar refractivity (Wildman–Crippen MR) is 67.4 cm³/mol. The van der Waals surface area contributed by atoms with Gasteiger partial charge in [-0.05, 0) is 18.4 Å². The predicted octanol–water partition coefficient (Wildman–Crippen LogP) is 2.50. The van der Waals surface area contributed by atoms with Crippen molar-refractivity contribution in [2.24, 2.45) is 5.92 Å². The van der Waals surface area contributed by atoms with Crippen molar-refractivity contribution < 1.29 is 19.6 Å². The topological polar surface area (TPSA) is 103 Å². The van der Waals surface area contributed by atoms with E-state index < -0.39 is 10.9 Å². The summed E-state index contributed by atoms with van der Waals surface area (Å²) in [6.07, 6.45) is 1.90. The lowest BCUT2D eigenvalue weighted by molar-refractivity contribution is -0.386. The molecule has 0 radical (unpaired) electrons. The van der Waals surface area contributed by atoms with Crippen LogP contribution in [0.4, 0.5) is 5.69 Å². The van der Waals surface area contributed by atoms with Crippen molar-refractivity contribution in [2.45, 2.75) is 26.7 Å². The molecule has 0 aliphatic carbocycles. The Balaban J connectivity index is 2.91. The van der Waals surface area contributed by atoms with Crippen LogP contribution in [0.25, 0.3) is 0 Å². The highest BCUT2D eigenvalue weighted by Gasteiger charge is 2.20. The van der Waals surface area contributed by atoms with Crippen LogP contribution >= 0.6 is 0 Å². The third-order valence-electron chi connectivity index (χ3n) is 2.54. The molecular weight excluding hydrogens is 252 g/mol. The molecule has 19 heavy (non-hydrogen) atoms. The second kappa shape index (κ2) is 6.67. The van der Waals surface area contributed by atoms with Gasteiger partial charge in [0.05, 0.1) is 11.5 Å². The molecule has 0 spiro atoms. The molecule has 0 saturated heterocycles. The highest BCUT2D eigenvalue weighted by atomic mass is 16.6. The summed E-state index contributed by atoms with van der Waals surface area (Å²) in [5, 5.41) is 19.6. The van der Waals surface area contributed by atoms with Crippen molar-refractivity contribution in [3.8, 4) is 5.88 Å². The van der Waals surface area contributed by atoms with Gasteiger partial charge < -0.3 is 9.84 Å². The zero-order valence-electron chi connectivity index (χ0n) is 10.8. The minimum Gasteiger partial charge on any atom is -0.477 e. The summed E-state index contributed by atoms with van der Waals surface area (Å²) in [6.45, 7) is 4.25. The number of aromatic nitrogens is 1. The lowest BCUT2D eigenvalue weighted by atomic mass is 10.1. The normalized spacial score (nSPS) is 11.9. The highest BCUT2D eigenvalue weighted by Crippen LogP contribution is 2.25. The fourth-order valence-electron chi connectivity index (χ4n) is 1.59. The summed E-state index contributed by atoms with van der Waals surface area (Å²) in [5.41, 5.74) is -0.600. The molecule has 1 unspecified atom stereocenters. The van der Waals surface area contributed by atoms with E-state index in [9.17, 15) is 14.9 Å². The number of hydrogen-bond acceptors (Lipinski definition) is 5. The van der Waals surface area contributed by atoms with Crippen LogP contribution in [-0.4, -0.2) is 27.6 Å². The first-order valence-electron chi connectivity index (χ1n) is 5.97. The van der Waals surface area contributed by atoms with Gasteiger partial charge in [0.25, 0.3) is 5.88 Å². The molecule has 1 heterocycles. The van der Waals surface area contributed by atoms with E-state index >= 15 is 0 Å². The number of carboxylic acids is 1. The van der Waals surface area contributed by atoms with Gasteiger partial charge in [-0.2, -0.15) is 0 Å². The van der Waals surface area contributed by atoms with Crippen LogP contribution in [0.1, 0.15) is 37.2 Å². The minimum absolute atomic E-state index is 0.222. The van der Waals surface area contributed by atoms with Gasteiger partial charge in [0, 0.05) is 6.07 Å². The molecule has 1 atom stereocenters. The van der Waals surface area contributed by atoms with Gasteiger partial charge in [-0.1, -0.05) is 20.3 Å². The fraction of sp³-hybridized carbons (Fsp3) is 0.500. The monoisotopic (exact) mass is 268 g/mol. The molecular formula is C12H16N2O5. The summed E-state index contributed by atoms with van der Waals surface area (Å²) >= 11 is 0. The van der Waals surface area contributed by atoms with Gasteiger partial charge >= 0.3 is 11.7 Å². The zero-order chi connectivity index (χ0) is 14.4. The van der Waals surface area contributed by atoms with Gasteiger partial charge in [0.2, 0.25) is 0 Å². The smallest absolute Gasteiger partial charge is 0.354 e. The second-order valence-corrected chi connectivity index (χ2v) is 4.29. The number of rotatable bonds is 7. The highest BCUT2D eigenvalue weighted by molar-refractivity contribution is 5.85. The maximum atomic E-state index is 10.8. The lowest BCUT2D eigenvalue weighted by Gasteiger charge is -2.11. The Morgan fingerprint density at radius 1 is 1.58 bits per heavy atom. The molecule has 0 aromatic carbocycles. The third kappa shape index (κ3) is 4.20. The molecule has 1 aromatic rings. The van der Waals surface area contributed by atoms with Crippen LogP contribution in [0.3, 0.4) is 0 Å². The number of carbonyl (C=O) groups is 1. The zero-order valence-corrected chi connectivity index (χ0v) is 10.8. The van der Waals surface area contributed by atoms with Crippen molar-refractivity contribution in [1.29, 1.82) is 0 Å². The van der Waals surface area contributed by atoms with Crippen molar-refractivity contribution in [3.63, 3.8) is 0 Å². The minimum atomic E-state index is -1.25. The van der Waals surface area contributed by atoms with Crippen LogP contribution in [0.15, 0.2) is 12.1 Å². The van der Waals surface area contributed by atoms with E-state index in [0.29, 0.717) is 0 Å². The standard InChI is InChI=1S/C12H16N2O5/c1-3-4-8(2)7-19-11-10(14(17)18)6-5-9(13-11)12(15)16/h5-6,8H,3-4,7H2,1-2H3,(H,15,16). The number of nitro groups is 1. The Morgan fingerprint density at radius 2 is 2.26 bits per heavy atom. The third-order valence-corrected chi connectivity index (χ3v) is 2.54. The molecule has 1 aromatic heterocycles. The Hall–Kier alpha value is -2.18. The number of ether oxygens (including phenoxy) is 1. The largest absolute Gasteiger partial charge is 0.477 e. The Morgan fingerprint density at radius 3 is 2.79 bits per heavy atom. The van der Waals surface area contributed by atoms with Crippen LogP contribution in [0.5, 0.6) is 5.88 Å². The van der Waals surface area contributed by atoms with E-state index in [4.69, 9.17) is 9.84 Å². The average Bonchev–Trinajstić information content (AvgIpc) is 2.36. The van der Waals surface area contributed by atoms with Crippen molar-refractivity contribution >= 4 is 11.7 Å². The van der Waals surface area contributed by atoms with E-state index in [1.165, 1.54) is 0 Å². The molecule has 0 fully saturated rings. The van der Waals surface area contributed by atoms with Crippen LogP contribution in [-0.2, 0) is 0 Å². The SMILES string of the molecule is CCCC(C)COc1nc(C(=O)O)ccc1[N+](=O)[O-]. The van der Waals surface area contributed by atoms with E-state index in [1.807, 2.05) is 13.8 Å². The lowest BCUT2D eigenvalue weighted by Crippen LogP contribution is -2.12. The molecule has 0 bridgehead atoms. The van der Waals surface area contributed by atoms with E-state index in [-0.39, 0.29) is 29.8 Å². The van der Waals surface area contributed by atoms with E-state index in [0.717, 1.165) is 25.0 Å². The summed E-state index contributed by atoms with van der Waals surface area (Å²) in [5.74, 6) is -1.27. The summed E-state index contributed by atoms with van der Waals surface area (Å²) in [7, 11) is 0. The van der Waals surface area contributed by atoms with Crippen molar-refractivity contribution in [2.75, 3.05) is 6.61 Å². The number of hydrogen-bond donors (Lipinski definition) is 1. The molecule has 0 aliphatic heterocycles. The Bertz CT molecular complexity index is 475. The maximum Gasteiger partial charge on any atom is 0.354 e. The number of nitrogens with zero attached hydrogens (tertiary/aromatic N) is 2. The fourth-order valence-corrected chi connectivity index (χ4v) is 1.59. The van der Waals surface area contributed by atoms with Crippen molar-refractivity contribution in [3.05, 3.63) is 27.9 Å². The molecule has 1 N–H and O–H groups in total. The Kier molecular flexibility index (Phi) is 5.23. The van der Waals surface area contributed by atoms with E-state index in [2.05, 4.69) is 4.98 Å². The summed E-state index contributed by atoms with van der Waals surface area (Å²) in [4.78, 5) is 24.6. The maximum absolute atomic E-state index is 10.8. The molecule has 0 aliphatic rings. The van der Waals surface area contributed by atoms with Crippen LogP contribution < -0.4 is 4.74 Å². The van der Waals surface area contributed by atoms with Gasteiger partial charge in [0.15, 0.2) is 5.69 Å². The first-order valence-corrected chi connectivity index (χ1v) is 5.97. The average molecular weight is 268 g/mol. The Labute approximate surface area is 110 Å². The molecule has 0 saturated carbocycles. The van der Waals surface area contributed by atoms with Gasteiger partial charge in [0.1, 0.15) is 0 Å². The summed E-state index contributed by atoms with van der Waals surface area (Å²) in [6, 6.07) is 2.18. The second-order valence-electron chi connectivity index (χ2n) is 4.29. The molecule has 7 heteroatoms. The van der Waals surface area contributed by atoms with Crippen LogP contribution in [0, 0.1) is 16.0 Å². The first-order chi connectivity index (χ1) is 8.95. The quantitative estimate of drug-likeness (QED) is 0.602. The molecule has 0 amide bonds. The van der Waals surface area contributed by atoms with Crippen LogP contribution in [0.2, 0.25) is 0 Å². The number of aromatic carboxylic acids is 1. The summed E-state index contributed by atoms with van der Waals surface area (Å²) < 4.78 is 5.29. The van der Waals surface area contributed by atoms with E-state index in [1.54, 1.807) is 0 Å². The molecule has 7 nitrogen and oxygen atoms in total. The van der Waals surface area contributed by atoms with Crippen molar-refractivity contribution in [1.82, 2.24) is 4.98 Å². The van der Waals surface area contributed by atoms with Gasteiger partial charge in [-0.15, -0.1) is 0 Å². The number of pyridine rings is 1. The van der Waals surface area contributed by atoms with Gasteiger partial charge in [-0.25, -0.2) is 9.78 Å². The molecule has 104 valence electrons. The molecule has 1 rings (SSSR count). The first kappa shape index (κ1) is 14.9.